The number of rotatable bonds is 7. The number of aromatic nitrogens is 2. The Labute approximate surface area is 195 Å². The van der Waals surface area contributed by atoms with Crippen molar-refractivity contribution in [2.24, 2.45) is 0 Å². The SMILES string of the molecule is COC(=O)c1ccc(CN(Cc2ncc(C)cc2C)C2CCCc3cccnc32)c(CO)c1. The summed E-state index contributed by atoms with van der Waals surface area (Å²) >= 11 is 0. The number of aliphatic hydroxyl groups is 1. The van der Waals surface area contributed by atoms with Gasteiger partial charge < -0.3 is 9.84 Å². The molecule has 0 saturated carbocycles. The van der Waals surface area contributed by atoms with Crippen molar-refractivity contribution in [1.82, 2.24) is 14.9 Å². The van der Waals surface area contributed by atoms with E-state index in [1.165, 1.54) is 18.2 Å². The van der Waals surface area contributed by atoms with Crippen molar-refractivity contribution in [3.8, 4) is 0 Å². The maximum Gasteiger partial charge on any atom is 0.337 e. The van der Waals surface area contributed by atoms with Gasteiger partial charge >= 0.3 is 5.97 Å². The molecule has 1 aromatic carbocycles. The molecule has 2 aromatic heterocycles. The number of benzene rings is 1. The van der Waals surface area contributed by atoms with E-state index in [-0.39, 0.29) is 12.6 Å². The molecular weight excluding hydrogens is 414 g/mol. The molecule has 4 rings (SSSR count). The molecule has 0 spiro atoms. The Morgan fingerprint density at radius 3 is 2.76 bits per heavy atom. The molecule has 1 atom stereocenters. The van der Waals surface area contributed by atoms with Crippen LogP contribution in [0.4, 0.5) is 0 Å². The molecule has 0 amide bonds. The third-order valence-electron chi connectivity index (χ3n) is 6.45. The second-order valence-electron chi connectivity index (χ2n) is 8.77. The zero-order valence-corrected chi connectivity index (χ0v) is 19.5. The van der Waals surface area contributed by atoms with E-state index in [0.29, 0.717) is 18.7 Å². The van der Waals surface area contributed by atoms with Crippen LogP contribution >= 0.6 is 0 Å². The number of carbonyl (C=O) groups excluding carboxylic acids is 1. The first-order valence-corrected chi connectivity index (χ1v) is 11.4. The first-order chi connectivity index (χ1) is 16.0. The largest absolute Gasteiger partial charge is 0.465 e. The van der Waals surface area contributed by atoms with Crippen molar-refractivity contribution >= 4 is 5.97 Å². The van der Waals surface area contributed by atoms with Gasteiger partial charge in [0, 0.05) is 25.5 Å². The quantitative estimate of drug-likeness (QED) is 0.542. The zero-order chi connectivity index (χ0) is 23.4. The second-order valence-corrected chi connectivity index (χ2v) is 8.77. The van der Waals surface area contributed by atoms with Crippen LogP contribution in [0.3, 0.4) is 0 Å². The molecular formula is C27H31N3O3. The maximum absolute atomic E-state index is 12.0. The van der Waals surface area contributed by atoms with Crippen molar-refractivity contribution in [1.29, 1.82) is 0 Å². The summed E-state index contributed by atoms with van der Waals surface area (Å²) in [5.74, 6) is -0.405. The molecule has 1 aliphatic carbocycles. The van der Waals surface area contributed by atoms with Crippen LogP contribution in [0.25, 0.3) is 0 Å². The van der Waals surface area contributed by atoms with Crippen LogP contribution in [0.15, 0.2) is 48.8 Å². The molecule has 172 valence electrons. The Kier molecular flexibility index (Phi) is 7.16. The Hall–Kier alpha value is -3.09. The lowest BCUT2D eigenvalue weighted by molar-refractivity contribution is 0.0600. The van der Waals surface area contributed by atoms with Crippen LogP contribution in [0, 0.1) is 13.8 Å². The highest BCUT2D eigenvalue weighted by molar-refractivity contribution is 5.89. The van der Waals surface area contributed by atoms with Gasteiger partial charge in [-0.25, -0.2) is 4.79 Å². The summed E-state index contributed by atoms with van der Waals surface area (Å²) in [7, 11) is 1.36. The Morgan fingerprint density at radius 1 is 1.15 bits per heavy atom. The van der Waals surface area contributed by atoms with Gasteiger partial charge in [0.15, 0.2) is 0 Å². The van der Waals surface area contributed by atoms with E-state index in [1.54, 1.807) is 12.1 Å². The lowest BCUT2D eigenvalue weighted by atomic mass is 9.90. The fourth-order valence-electron chi connectivity index (χ4n) is 4.71. The zero-order valence-electron chi connectivity index (χ0n) is 19.5. The van der Waals surface area contributed by atoms with Crippen molar-refractivity contribution < 1.29 is 14.6 Å². The molecule has 1 unspecified atom stereocenters. The minimum absolute atomic E-state index is 0.144. The number of hydrogen-bond acceptors (Lipinski definition) is 6. The van der Waals surface area contributed by atoms with Gasteiger partial charge in [-0.2, -0.15) is 0 Å². The number of nitrogens with zero attached hydrogens (tertiary/aromatic N) is 3. The first kappa shape index (κ1) is 23.1. The molecule has 0 saturated heterocycles. The molecule has 0 fully saturated rings. The van der Waals surface area contributed by atoms with Crippen LogP contribution < -0.4 is 0 Å². The third kappa shape index (κ3) is 5.13. The Balaban J connectivity index is 1.71. The highest BCUT2D eigenvalue weighted by Gasteiger charge is 2.28. The Morgan fingerprint density at radius 2 is 2.00 bits per heavy atom. The summed E-state index contributed by atoms with van der Waals surface area (Å²) < 4.78 is 4.85. The van der Waals surface area contributed by atoms with Gasteiger partial charge in [-0.1, -0.05) is 18.2 Å². The number of methoxy groups -OCH3 is 1. The van der Waals surface area contributed by atoms with Crippen LogP contribution in [0.5, 0.6) is 0 Å². The molecule has 33 heavy (non-hydrogen) atoms. The van der Waals surface area contributed by atoms with Gasteiger partial charge in [0.05, 0.1) is 36.7 Å². The first-order valence-electron chi connectivity index (χ1n) is 11.4. The molecule has 6 nitrogen and oxygen atoms in total. The molecule has 2 heterocycles. The minimum Gasteiger partial charge on any atom is -0.465 e. The van der Waals surface area contributed by atoms with E-state index in [0.717, 1.165) is 47.3 Å². The predicted molar refractivity (Wildman–Crippen MR) is 127 cm³/mol. The summed E-state index contributed by atoms with van der Waals surface area (Å²) in [5, 5.41) is 10.0. The molecule has 6 heteroatoms. The van der Waals surface area contributed by atoms with Crippen molar-refractivity contribution in [2.75, 3.05) is 7.11 Å². The van der Waals surface area contributed by atoms with E-state index in [4.69, 9.17) is 14.7 Å². The average molecular weight is 446 g/mol. The number of pyridine rings is 2. The van der Waals surface area contributed by atoms with Gasteiger partial charge in [-0.3, -0.25) is 14.9 Å². The molecule has 0 bridgehead atoms. The molecule has 1 N–H and O–H groups in total. The van der Waals surface area contributed by atoms with E-state index in [1.807, 2.05) is 24.5 Å². The van der Waals surface area contributed by atoms with Gasteiger partial charge in [-0.05, 0) is 79.1 Å². The van der Waals surface area contributed by atoms with Crippen LogP contribution in [-0.4, -0.2) is 33.1 Å². The van der Waals surface area contributed by atoms with E-state index in [9.17, 15) is 9.90 Å². The van der Waals surface area contributed by atoms with Gasteiger partial charge in [0.25, 0.3) is 0 Å². The highest BCUT2D eigenvalue weighted by Crippen LogP contribution is 2.35. The lowest BCUT2D eigenvalue weighted by Gasteiger charge is -2.35. The Bertz CT molecular complexity index is 1150. The lowest BCUT2D eigenvalue weighted by Crippen LogP contribution is -2.32. The summed E-state index contributed by atoms with van der Waals surface area (Å²) in [6, 6.07) is 11.9. The number of carbonyl (C=O) groups is 1. The number of ether oxygens (including phenoxy) is 1. The molecule has 0 aliphatic heterocycles. The van der Waals surface area contributed by atoms with E-state index < -0.39 is 5.97 Å². The minimum atomic E-state index is -0.405. The topological polar surface area (TPSA) is 75.5 Å². The number of aryl methyl sites for hydroxylation is 3. The van der Waals surface area contributed by atoms with Gasteiger partial charge in [0.1, 0.15) is 0 Å². The van der Waals surface area contributed by atoms with Crippen LogP contribution in [-0.2, 0) is 30.9 Å². The monoisotopic (exact) mass is 445 g/mol. The summed E-state index contributed by atoms with van der Waals surface area (Å²) in [6.07, 6.45) is 6.95. The second kappa shape index (κ2) is 10.2. The van der Waals surface area contributed by atoms with Crippen molar-refractivity contribution in [2.45, 2.75) is 58.8 Å². The van der Waals surface area contributed by atoms with Crippen molar-refractivity contribution in [3.05, 3.63) is 93.6 Å². The van der Waals surface area contributed by atoms with E-state index in [2.05, 4.69) is 30.9 Å². The maximum atomic E-state index is 12.0. The van der Waals surface area contributed by atoms with Gasteiger partial charge in [-0.15, -0.1) is 0 Å². The number of esters is 1. The fraction of sp³-hybridized carbons (Fsp3) is 0.370. The third-order valence-corrected chi connectivity index (χ3v) is 6.45. The number of hydrogen-bond donors (Lipinski definition) is 1. The molecule has 3 aromatic rings. The summed E-state index contributed by atoms with van der Waals surface area (Å²) in [4.78, 5) is 23.9. The average Bonchev–Trinajstić information content (AvgIpc) is 2.84. The normalized spacial score (nSPS) is 15.4. The van der Waals surface area contributed by atoms with Crippen LogP contribution in [0.2, 0.25) is 0 Å². The summed E-state index contributed by atoms with van der Waals surface area (Å²) in [6.45, 7) is 5.31. The summed E-state index contributed by atoms with van der Waals surface area (Å²) in [5.41, 5.74) is 7.94. The van der Waals surface area contributed by atoms with E-state index >= 15 is 0 Å². The predicted octanol–water partition coefficient (Wildman–Crippen LogP) is 4.45. The smallest absolute Gasteiger partial charge is 0.337 e. The van der Waals surface area contributed by atoms with Gasteiger partial charge in [0.2, 0.25) is 0 Å². The standard InChI is InChI=1S/C27H31N3O3/c1-18-12-19(2)24(29-14-18)16-30(25-8-4-6-20-7-5-11-28-26(20)25)15-22-10-9-21(27(32)33-3)13-23(22)17-31/h5,7,9-14,25,31H,4,6,8,15-17H2,1-3H3. The number of aliphatic hydroxyl groups excluding tert-OH is 1. The molecule has 0 radical (unpaired) electrons. The van der Waals surface area contributed by atoms with Crippen LogP contribution in [0.1, 0.15) is 68.4 Å². The fourth-order valence-corrected chi connectivity index (χ4v) is 4.71. The molecule has 1 aliphatic rings. The highest BCUT2D eigenvalue weighted by atomic mass is 16.5. The number of fused-ring (bicyclic) bond motifs is 1. The van der Waals surface area contributed by atoms with Crippen molar-refractivity contribution in [3.63, 3.8) is 0 Å².